The van der Waals surface area contributed by atoms with Gasteiger partial charge in [0.25, 0.3) is 11.9 Å². The van der Waals surface area contributed by atoms with Crippen LogP contribution in [0.2, 0.25) is 0 Å². The number of amides is 1. The quantitative estimate of drug-likeness (QED) is 0.199. The Morgan fingerprint density at radius 2 is 1.65 bits per heavy atom. The summed E-state index contributed by atoms with van der Waals surface area (Å²) >= 11 is 0. The molecule has 3 aromatic rings. The van der Waals surface area contributed by atoms with Crippen LogP contribution in [0, 0.1) is 11.8 Å². The van der Waals surface area contributed by atoms with Crippen LogP contribution < -0.4 is 15.9 Å². The van der Waals surface area contributed by atoms with E-state index in [1.54, 1.807) is 30.1 Å². The van der Waals surface area contributed by atoms with Crippen molar-refractivity contribution in [3.05, 3.63) is 72.3 Å². The number of likely N-dealkylation sites (N-methyl/N-ethyl adjacent to an activating group) is 1. The van der Waals surface area contributed by atoms with Crippen molar-refractivity contribution in [3.8, 4) is 0 Å². The van der Waals surface area contributed by atoms with Crippen molar-refractivity contribution in [1.82, 2.24) is 15.2 Å². The zero-order valence-corrected chi connectivity index (χ0v) is 29.2. The van der Waals surface area contributed by atoms with Crippen molar-refractivity contribution in [2.75, 3.05) is 45.8 Å². The molecule has 0 bridgehead atoms. The lowest BCUT2D eigenvalue weighted by Gasteiger charge is -2.38. The molecule has 13 nitrogen and oxygen atoms in total. The van der Waals surface area contributed by atoms with E-state index in [0.717, 1.165) is 63.3 Å². The number of nitrogens with zero attached hydrogens (tertiary/aromatic N) is 2. The predicted octanol–water partition coefficient (Wildman–Crippen LogP) is 3.51. The van der Waals surface area contributed by atoms with Crippen LogP contribution in [0.25, 0.3) is 10.8 Å². The van der Waals surface area contributed by atoms with E-state index in [-0.39, 0.29) is 34.1 Å². The lowest BCUT2D eigenvalue weighted by atomic mass is 9.84. The van der Waals surface area contributed by atoms with Gasteiger partial charge in [-0.3, -0.25) is 19.2 Å². The molecule has 0 radical (unpaired) electrons. The first-order chi connectivity index (χ1) is 23.2. The van der Waals surface area contributed by atoms with Crippen molar-refractivity contribution in [1.29, 1.82) is 0 Å². The standard InChI is InChI=1S/C23H26N4O3S.C10H17NO3.C2H4O2/c1-26(19-11-7-15-27(16-19)25-18-9-3-2-4-10-18)23(28)22-20-12-6-5-8-17(20)13-14-21(22)31(24,29)30;1-7(12)9(10(13)14-2)8-4-3-5-11-6-8;1-2(3)4/h2-6,8-10,12-14,19,25H,7,11,15-16H2,1H3,(H2,24,29,30);8-9,11H,3-6H2,1-2H3;1H3,(H,3,4)/t19-;;/m0../s1. The van der Waals surface area contributed by atoms with E-state index in [9.17, 15) is 22.8 Å². The first-order valence-electron chi connectivity index (χ1n) is 16.1. The van der Waals surface area contributed by atoms with Crippen molar-refractivity contribution in [2.24, 2.45) is 17.0 Å². The SMILES string of the molecule is CC(=O)O.CN(C(=O)c1c(S(N)(=O)=O)ccc2ccccc12)[C@H]1CCCN(Nc2ccccc2)C1.COC(=O)C(C(C)=O)C1CCCNC1. The molecule has 0 spiro atoms. The van der Waals surface area contributed by atoms with Gasteiger partial charge in [-0.2, -0.15) is 0 Å². The average Bonchev–Trinajstić information content (AvgIpc) is 3.07. The molecule has 49 heavy (non-hydrogen) atoms. The highest BCUT2D eigenvalue weighted by Crippen LogP contribution is 2.28. The predicted molar refractivity (Wildman–Crippen MR) is 187 cm³/mol. The third-order valence-corrected chi connectivity index (χ3v) is 9.39. The number of hydrogen-bond acceptors (Lipinski definition) is 10. The summed E-state index contributed by atoms with van der Waals surface area (Å²) in [6.45, 7) is 5.74. The van der Waals surface area contributed by atoms with Gasteiger partial charge < -0.3 is 25.5 Å². The van der Waals surface area contributed by atoms with Gasteiger partial charge in [0.1, 0.15) is 11.7 Å². The summed E-state index contributed by atoms with van der Waals surface area (Å²) in [7, 11) is -0.998. The number of hydrazine groups is 1. The van der Waals surface area contributed by atoms with Crippen LogP contribution in [-0.4, -0.2) is 93.4 Å². The topological polar surface area (TPSA) is 188 Å². The van der Waals surface area contributed by atoms with Crippen LogP contribution >= 0.6 is 0 Å². The Morgan fingerprint density at radius 3 is 2.24 bits per heavy atom. The van der Waals surface area contributed by atoms with Gasteiger partial charge >= 0.3 is 5.97 Å². The number of ketones is 1. The summed E-state index contributed by atoms with van der Waals surface area (Å²) in [5, 5.41) is 19.5. The number of aliphatic carboxylic acids is 1. The molecule has 0 aliphatic carbocycles. The minimum atomic E-state index is -4.06. The number of ether oxygens (including phenoxy) is 1. The molecule has 2 aliphatic rings. The molecule has 3 atom stereocenters. The molecule has 0 saturated carbocycles. The highest BCUT2D eigenvalue weighted by atomic mass is 32.2. The van der Waals surface area contributed by atoms with Gasteiger partial charge in [-0.25, -0.2) is 18.6 Å². The van der Waals surface area contributed by atoms with Gasteiger partial charge in [0.15, 0.2) is 0 Å². The first kappa shape index (κ1) is 39.1. The number of nitrogens with two attached hydrogens (primary N) is 1. The normalized spacial score (nSPS) is 18.4. The van der Waals surface area contributed by atoms with E-state index in [0.29, 0.717) is 11.9 Å². The number of methoxy groups -OCH3 is 1. The number of piperidine rings is 2. The molecule has 5 rings (SSSR count). The summed E-state index contributed by atoms with van der Waals surface area (Å²) < 4.78 is 29.1. The molecule has 2 saturated heterocycles. The molecule has 2 aliphatic heterocycles. The highest BCUT2D eigenvalue weighted by Gasteiger charge is 2.34. The van der Waals surface area contributed by atoms with E-state index in [1.807, 2.05) is 42.5 Å². The molecular weight excluding hydrogens is 650 g/mol. The number of nitrogens with one attached hydrogen (secondary N) is 2. The van der Waals surface area contributed by atoms with Crippen molar-refractivity contribution in [2.45, 2.75) is 50.5 Å². The molecule has 0 aromatic heterocycles. The van der Waals surface area contributed by atoms with Crippen molar-refractivity contribution >= 4 is 50.1 Å². The number of esters is 1. The van der Waals surface area contributed by atoms with Gasteiger partial charge in [-0.1, -0.05) is 48.5 Å². The number of rotatable bonds is 8. The molecular formula is C35H47N5O8S. The Hall–Kier alpha value is -4.37. The Kier molecular flexibility index (Phi) is 14.7. The maximum atomic E-state index is 13.6. The minimum Gasteiger partial charge on any atom is -0.481 e. The van der Waals surface area contributed by atoms with Crippen LogP contribution in [-0.2, 0) is 29.1 Å². The van der Waals surface area contributed by atoms with Crippen molar-refractivity contribution < 1.29 is 37.4 Å². The second-order valence-corrected chi connectivity index (χ2v) is 13.6. The Bertz CT molecular complexity index is 1690. The zero-order chi connectivity index (χ0) is 36.1. The molecule has 266 valence electrons. The molecule has 5 N–H and O–H groups in total. The highest BCUT2D eigenvalue weighted by molar-refractivity contribution is 7.89. The number of para-hydroxylation sites is 1. The van der Waals surface area contributed by atoms with E-state index in [1.165, 1.54) is 20.1 Å². The molecule has 1 amide bonds. The van der Waals surface area contributed by atoms with Gasteiger partial charge in [-0.15, -0.1) is 0 Å². The van der Waals surface area contributed by atoms with E-state index in [4.69, 9.17) is 15.0 Å². The van der Waals surface area contributed by atoms with Crippen LogP contribution in [0.15, 0.2) is 71.6 Å². The maximum absolute atomic E-state index is 13.6. The Balaban J connectivity index is 0.000000300. The second-order valence-electron chi connectivity index (χ2n) is 12.1. The van der Waals surface area contributed by atoms with Gasteiger partial charge in [-0.05, 0) is 80.6 Å². The number of carboxylic acid groups (broad SMARTS) is 1. The van der Waals surface area contributed by atoms with Crippen LogP contribution in [0.3, 0.4) is 0 Å². The summed E-state index contributed by atoms with van der Waals surface area (Å²) in [4.78, 5) is 46.8. The molecule has 3 aromatic carbocycles. The number of primary sulfonamides is 1. The van der Waals surface area contributed by atoms with Crippen LogP contribution in [0.5, 0.6) is 0 Å². The monoisotopic (exact) mass is 697 g/mol. The van der Waals surface area contributed by atoms with Gasteiger partial charge in [0.2, 0.25) is 10.0 Å². The number of Topliss-reactive ketones (excluding diaryl/α,β-unsaturated/α-hetero) is 1. The maximum Gasteiger partial charge on any atom is 0.316 e. The molecule has 2 heterocycles. The number of carbonyl (C=O) groups excluding carboxylic acids is 3. The second kappa shape index (κ2) is 18.4. The van der Waals surface area contributed by atoms with E-state index in [2.05, 4.69) is 20.5 Å². The number of fused-ring (bicyclic) bond motifs is 1. The number of sulfonamides is 1. The van der Waals surface area contributed by atoms with Crippen LogP contribution in [0.1, 0.15) is 49.9 Å². The Morgan fingerprint density at radius 1 is 1.00 bits per heavy atom. The fourth-order valence-corrected chi connectivity index (χ4v) is 6.84. The summed E-state index contributed by atoms with van der Waals surface area (Å²) in [5.74, 6) is -2.13. The van der Waals surface area contributed by atoms with E-state index >= 15 is 0 Å². The molecule has 2 fully saturated rings. The summed E-state index contributed by atoms with van der Waals surface area (Å²) in [5.41, 5.74) is 4.51. The lowest BCUT2D eigenvalue weighted by Crippen LogP contribution is -2.50. The Labute approximate surface area is 287 Å². The smallest absolute Gasteiger partial charge is 0.316 e. The number of benzene rings is 3. The third-order valence-electron chi connectivity index (χ3n) is 8.44. The van der Waals surface area contributed by atoms with Crippen LogP contribution in [0.4, 0.5) is 5.69 Å². The number of carboxylic acids is 1. The minimum absolute atomic E-state index is 0.0650. The fraction of sp³-hybridized carbons (Fsp3) is 0.429. The summed E-state index contributed by atoms with van der Waals surface area (Å²) in [6, 6.07) is 20.2. The average molecular weight is 698 g/mol. The molecule has 2 unspecified atom stereocenters. The van der Waals surface area contributed by atoms with Gasteiger partial charge in [0.05, 0.1) is 17.6 Å². The largest absolute Gasteiger partial charge is 0.481 e. The van der Waals surface area contributed by atoms with Gasteiger partial charge in [0, 0.05) is 38.8 Å². The zero-order valence-electron chi connectivity index (χ0n) is 28.4. The third kappa shape index (κ3) is 11.3. The summed E-state index contributed by atoms with van der Waals surface area (Å²) in [6.07, 6.45) is 3.70. The molecule has 14 heteroatoms. The van der Waals surface area contributed by atoms with Crippen molar-refractivity contribution in [3.63, 3.8) is 0 Å². The number of hydrogen-bond donors (Lipinski definition) is 4. The van der Waals surface area contributed by atoms with E-state index < -0.39 is 27.9 Å². The fourth-order valence-electron chi connectivity index (χ4n) is 6.10. The lowest BCUT2D eigenvalue weighted by molar-refractivity contribution is -0.151. The number of carbonyl (C=O) groups is 4. The first-order valence-corrected chi connectivity index (χ1v) is 17.7. The number of anilines is 1.